The third-order valence-corrected chi connectivity index (χ3v) is 7.46. The van der Waals surface area contributed by atoms with Gasteiger partial charge in [-0.3, -0.25) is 4.79 Å². The average Bonchev–Trinajstić information content (AvgIpc) is 2.74. The van der Waals surface area contributed by atoms with Crippen LogP contribution in [-0.4, -0.2) is 45.8 Å². The number of sulfonamides is 1. The topological polar surface area (TPSA) is 69.7 Å². The third-order valence-electron chi connectivity index (χ3n) is 5.27. The number of nitrogens with zero attached hydrogens (tertiary/aromatic N) is 2. The van der Waals surface area contributed by atoms with Crippen molar-refractivity contribution in [3.05, 3.63) is 58.9 Å². The van der Waals surface area contributed by atoms with Crippen LogP contribution in [0.2, 0.25) is 5.02 Å². The van der Waals surface area contributed by atoms with Gasteiger partial charge in [0.25, 0.3) is 0 Å². The standard InChI is InChI=1S/C21H25ClFN3O3S/c1-25(2)17-5-3-15(4-6-17)14-24-21(27)16-9-11-26(12-10-16)30(28,29)18-7-8-20(23)19(22)13-18/h3-8,13,16H,9-12,14H2,1-2H3,(H,24,27). The van der Waals surface area contributed by atoms with Crippen molar-refractivity contribution in [1.29, 1.82) is 0 Å². The summed E-state index contributed by atoms with van der Waals surface area (Å²) in [5.74, 6) is -0.981. The molecular formula is C21H25ClFN3O3S. The maximum atomic E-state index is 13.3. The Morgan fingerprint density at radius 3 is 2.37 bits per heavy atom. The Hall–Kier alpha value is -2.16. The van der Waals surface area contributed by atoms with Gasteiger partial charge in [-0.25, -0.2) is 12.8 Å². The SMILES string of the molecule is CN(C)c1ccc(CNC(=O)C2CCN(S(=O)(=O)c3ccc(F)c(Cl)c3)CC2)cc1. The lowest BCUT2D eigenvalue weighted by Crippen LogP contribution is -2.42. The Balaban J connectivity index is 1.54. The van der Waals surface area contributed by atoms with Crippen LogP contribution < -0.4 is 10.2 Å². The fraction of sp³-hybridized carbons (Fsp3) is 0.381. The summed E-state index contributed by atoms with van der Waals surface area (Å²) in [5.41, 5.74) is 2.09. The highest BCUT2D eigenvalue weighted by Gasteiger charge is 2.32. The van der Waals surface area contributed by atoms with Crippen LogP contribution in [0.15, 0.2) is 47.4 Å². The molecule has 0 radical (unpaired) electrons. The number of benzene rings is 2. The lowest BCUT2D eigenvalue weighted by molar-refractivity contribution is -0.126. The van der Waals surface area contributed by atoms with E-state index in [1.807, 2.05) is 43.3 Å². The fourth-order valence-corrected chi connectivity index (χ4v) is 5.13. The molecule has 30 heavy (non-hydrogen) atoms. The predicted molar refractivity (Wildman–Crippen MR) is 116 cm³/mol. The Morgan fingerprint density at radius 1 is 1.17 bits per heavy atom. The number of piperidine rings is 1. The molecule has 9 heteroatoms. The number of hydrogen-bond donors (Lipinski definition) is 1. The predicted octanol–water partition coefficient (Wildman–Crippen LogP) is 3.26. The van der Waals surface area contributed by atoms with Crippen molar-refractivity contribution in [3.8, 4) is 0 Å². The van der Waals surface area contributed by atoms with E-state index in [1.165, 1.54) is 10.4 Å². The first-order valence-corrected chi connectivity index (χ1v) is 11.5. The number of amides is 1. The molecule has 1 fully saturated rings. The molecule has 1 heterocycles. The highest BCUT2D eigenvalue weighted by molar-refractivity contribution is 7.89. The average molecular weight is 454 g/mol. The summed E-state index contributed by atoms with van der Waals surface area (Å²) >= 11 is 5.72. The van der Waals surface area contributed by atoms with Crippen LogP contribution in [0.25, 0.3) is 0 Å². The van der Waals surface area contributed by atoms with Crippen molar-refractivity contribution in [2.24, 2.45) is 5.92 Å². The van der Waals surface area contributed by atoms with Crippen LogP contribution in [0.3, 0.4) is 0 Å². The molecule has 162 valence electrons. The molecular weight excluding hydrogens is 429 g/mol. The molecule has 1 saturated heterocycles. The summed E-state index contributed by atoms with van der Waals surface area (Å²) in [7, 11) is 0.162. The van der Waals surface area contributed by atoms with Gasteiger partial charge in [0, 0.05) is 45.3 Å². The molecule has 0 aromatic heterocycles. The molecule has 1 aliphatic rings. The second-order valence-electron chi connectivity index (χ2n) is 7.53. The highest BCUT2D eigenvalue weighted by atomic mass is 35.5. The zero-order valence-electron chi connectivity index (χ0n) is 16.9. The zero-order chi connectivity index (χ0) is 21.9. The van der Waals surface area contributed by atoms with Gasteiger partial charge in [0.15, 0.2) is 0 Å². The highest BCUT2D eigenvalue weighted by Crippen LogP contribution is 2.26. The number of hydrogen-bond acceptors (Lipinski definition) is 4. The van der Waals surface area contributed by atoms with Crippen molar-refractivity contribution < 1.29 is 17.6 Å². The van der Waals surface area contributed by atoms with Gasteiger partial charge in [0.1, 0.15) is 5.82 Å². The maximum Gasteiger partial charge on any atom is 0.243 e. The van der Waals surface area contributed by atoms with Crippen LogP contribution in [0, 0.1) is 11.7 Å². The van der Waals surface area contributed by atoms with Gasteiger partial charge in [-0.05, 0) is 48.7 Å². The normalized spacial score (nSPS) is 15.7. The first-order valence-electron chi connectivity index (χ1n) is 9.67. The van der Waals surface area contributed by atoms with Crippen LogP contribution in [0.5, 0.6) is 0 Å². The van der Waals surface area contributed by atoms with Gasteiger partial charge >= 0.3 is 0 Å². The van der Waals surface area contributed by atoms with E-state index < -0.39 is 15.8 Å². The molecule has 1 amide bonds. The molecule has 2 aromatic carbocycles. The summed E-state index contributed by atoms with van der Waals surface area (Å²) in [6.45, 7) is 0.888. The van der Waals surface area contributed by atoms with Gasteiger partial charge < -0.3 is 10.2 Å². The monoisotopic (exact) mass is 453 g/mol. The smallest absolute Gasteiger partial charge is 0.243 e. The van der Waals surface area contributed by atoms with Crippen molar-refractivity contribution in [2.75, 3.05) is 32.1 Å². The molecule has 1 N–H and O–H groups in total. The van der Waals surface area contributed by atoms with E-state index >= 15 is 0 Å². The zero-order valence-corrected chi connectivity index (χ0v) is 18.5. The lowest BCUT2D eigenvalue weighted by atomic mass is 9.97. The number of anilines is 1. The summed E-state index contributed by atoms with van der Waals surface area (Å²) < 4.78 is 40.2. The van der Waals surface area contributed by atoms with E-state index in [-0.39, 0.29) is 34.8 Å². The van der Waals surface area contributed by atoms with Crippen LogP contribution >= 0.6 is 11.6 Å². The van der Waals surface area contributed by atoms with Gasteiger partial charge in [0.2, 0.25) is 15.9 Å². The third kappa shape index (κ3) is 5.11. The minimum atomic E-state index is -3.77. The molecule has 0 atom stereocenters. The molecule has 0 saturated carbocycles. The number of nitrogens with one attached hydrogen (secondary N) is 1. The Kier molecular flexibility index (Phi) is 7.00. The van der Waals surface area contributed by atoms with Crippen LogP contribution in [0.1, 0.15) is 18.4 Å². The second kappa shape index (κ2) is 9.32. The van der Waals surface area contributed by atoms with E-state index in [4.69, 9.17) is 11.6 Å². The van der Waals surface area contributed by atoms with E-state index in [0.717, 1.165) is 23.4 Å². The second-order valence-corrected chi connectivity index (χ2v) is 9.88. The summed E-state index contributed by atoms with van der Waals surface area (Å²) in [6.07, 6.45) is 0.860. The molecule has 0 unspecified atom stereocenters. The minimum absolute atomic E-state index is 0.0435. The van der Waals surface area contributed by atoms with Crippen molar-refractivity contribution in [1.82, 2.24) is 9.62 Å². The number of carbonyl (C=O) groups is 1. The first kappa shape index (κ1) is 22.5. The van der Waals surface area contributed by atoms with Crippen molar-refractivity contribution in [2.45, 2.75) is 24.3 Å². The van der Waals surface area contributed by atoms with Crippen molar-refractivity contribution >= 4 is 33.2 Å². The van der Waals surface area contributed by atoms with Gasteiger partial charge in [-0.1, -0.05) is 23.7 Å². The van der Waals surface area contributed by atoms with Crippen LogP contribution in [-0.2, 0) is 21.4 Å². The van der Waals surface area contributed by atoms with Crippen LogP contribution in [0.4, 0.5) is 10.1 Å². The van der Waals surface area contributed by atoms with Gasteiger partial charge in [0.05, 0.1) is 9.92 Å². The van der Waals surface area contributed by atoms with E-state index in [1.54, 1.807) is 0 Å². The number of rotatable bonds is 6. The molecule has 0 bridgehead atoms. The lowest BCUT2D eigenvalue weighted by Gasteiger charge is -2.30. The Bertz CT molecular complexity index is 1000. The molecule has 0 aliphatic carbocycles. The Morgan fingerprint density at radius 2 is 1.80 bits per heavy atom. The molecule has 0 spiro atoms. The number of carbonyl (C=O) groups excluding carboxylic acids is 1. The first-order chi connectivity index (χ1) is 14.2. The Labute approximate surface area is 181 Å². The fourth-order valence-electron chi connectivity index (χ4n) is 3.39. The molecule has 2 aromatic rings. The number of halogens is 2. The van der Waals surface area contributed by atoms with E-state index in [2.05, 4.69) is 5.32 Å². The van der Waals surface area contributed by atoms with Crippen molar-refractivity contribution in [3.63, 3.8) is 0 Å². The summed E-state index contributed by atoms with van der Waals surface area (Å²) in [4.78, 5) is 14.5. The largest absolute Gasteiger partial charge is 0.378 e. The quantitative estimate of drug-likeness (QED) is 0.728. The van der Waals surface area contributed by atoms with Gasteiger partial charge in [-0.2, -0.15) is 4.31 Å². The summed E-state index contributed by atoms with van der Waals surface area (Å²) in [6, 6.07) is 11.3. The van der Waals surface area contributed by atoms with E-state index in [9.17, 15) is 17.6 Å². The van der Waals surface area contributed by atoms with E-state index in [0.29, 0.717) is 19.4 Å². The molecule has 6 nitrogen and oxygen atoms in total. The maximum absolute atomic E-state index is 13.3. The molecule has 1 aliphatic heterocycles. The summed E-state index contributed by atoms with van der Waals surface area (Å²) in [5, 5.41) is 2.70. The molecule has 3 rings (SSSR count). The van der Waals surface area contributed by atoms with Gasteiger partial charge in [-0.15, -0.1) is 0 Å². The minimum Gasteiger partial charge on any atom is -0.378 e.